The van der Waals surface area contributed by atoms with Crippen molar-refractivity contribution in [2.75, 3.05) is 6.61 Å². The summed E-state index contributed by atoms with van der Waals surface area (Å²) in [4.78, 5) is 24.5. The van der Waals surface area contributed by atoms with Crippen molar-refractivity contribution in [3.05, 3.63) is 59.7 Å². The Labute approximate surface area is 163 Å². The predicted molar refractivity (Wildman–Crippen MR) is 104 cm³/mol. The van der Waals surface area contributed by atoms with Gasteiger partial charge in [0.2, 0.25) is 0 Å². The number of carbonyl (C=O) groups is 2. The maximum absolute atomic E-state index is 12.6. The Kier molecular flexibility index (Phi) is 3.93. The molecule has 28 heavy (non-hydrogen) atoms. The molecule has 1 amide bonds. The summed E-state index contributed by atoms with van der Waals surface area (Å²) in [6.07, 6.45) is 2.63. The van der Waals surface area contributed by atoms with Gasteiger partial charge >= 0.3 is 12.1 Å². The number of aliphatic carboxylic acids is 1. The van der Waals surface area contributed by atoms with Crippen LogP contribution in [0.3, 0.4) is 0 Å². The van der Waals surface area contributed by atoms with Gasteiger partial charge in [-0.15, -0.1) is 0 Å². The fourth-order valence-corrected chi connectivity index (χ4v) is 5.29. The molecule has 144 valence electrons. The molecular weight excluding hydrogens is 354 g/mol. The first-order valence-corrected chi connectivity index (χ1v) is 9.97. The molecular formula is C23H23NO4. The van der Waals surface area contributed by atoms with Gasteiger partial charge in [0.15, 0.2) is 0 Å². The standard InChI is InChI=1S/C23H23NO4/c25-21(26)23(11-5-6-14-12-20(14)23)24-22(27)28-13-19-17-9-3-1-7-15(17)16-8-2-4-10-18(16)19/h1-4,7-10,14,19-20H,5-6,11-13H2,(H,24,27)(H,25,26). The van der Waals surface area contributed by atoms with Gasteiger partial charge < -0.3 is 15.2 Å². The number of amides is 1. The summed E-state index contributed by atoms with van der Waals surface area (Å²) in [6.45, 7) is 0.198. The molecule has 3 aliphatic rings. The van der Waals surface area contributed by atoms with E-state index in [0.29, 0.717) is 12.3 Å². The van der Waals surface area contributed by atoms with Crippen LogP contribution in [0.1, 0.15) is 42.7 Å². The number of nitrogens with one attached hydrogen (secondary N) is 1. The zero-order chi connectivity index (χ0) is 19.3. The van der Waals surface area contributed by atoms with Gasteiger partial charge in [0.1, 0.15) is 12.1 Å². The number of rotatable bonds is 4. The Morgan fingerprint density at radius 1 is 1.07 bits per heavy atom. The molecule has 3 unspecified atom stereocenters. The number of alkyl carbamates (subject to hydrolysis) is 1. The molecule has 2 aromatic carbocycles. The molecule has 0 heterocycles. The Bertz CT molecular complexity index is 910. The number of carboxylic acid groups (broad SMARTS) is 1. The number of carboxylic acids is 1. The average molecular weight is 377 g/mol. The van der Waals surface area contributed by atoms with Crippen molar-refractivity contribution >= 4 is 12.1 Å². The molecule has 2 N–H and O–H groups in total. The van der Waals surface area contributed by atoms with Crippen LogP contribution in [0.2, 0.25) is 0 Å². The highest BCUT2D eigenvalue weighted by molar-refractivity contribution is 5.85. The predicted octanol–water partition coefficient (Wildman–Crippen LogP) is 4.17. The van der Waals surface area contributed by atoms with Gasteiger partial charge in [-0.25, -0.2) is 9.59 Å². The van der Waals surface area contributed by atoms with E-state index in [1.54, 1.807) is 0 Å². The fourth-order valence-electron chi connectivity index (χ4n) is 5.29. The topological polar surface area (TPSA) is 75.6 Å². The molecule has 0 bridgehead atoms. The maximum atomic E-state index is 12.6. The molecule has 3 atom stereocenters. The first-order chi connectivity index (χ1) is 13.6. The van der Waals surface area contributed by atoms with E-state index in [9.17, 15) is 14.7 Å². The van der Waals surface area contributed by atoms with Gasteiger partial charge in [0.05, 0.1) is 0 Å². The van der Waals surface area contributed by atoms with Crippen LogP contribution in [0.15, 0.2) is 48.5 Å². The lowest BCUT2D eigenvalue weighted by Crippen LogP contribution is -2.57. The maximum Gasteiger partial charge on any atom is 0.408 e. The Morgan fingerprint density at radius 2 is 1.71 bits per heavy atom. The van der Waals surface area contributed by atoms with E-state index in [4.69, 9.17) is 4.74 Å². The summed E-state index contributed by atoms with van der Waals surface area (Å²) in [6, 6.07) is 16.3. The minimum Gasteiger partial charge on any atom is -0.479 e. The Balaban J connectivity index is 1.33. The second-order valence-corrected chi connectivity index (χ2v) is 8.22. The number of hydrogen-bond acceptors (Lipinski definition) is 3. The molecule has 5 nitrogen and oxygen atoms in total. The van der Waals surface area contributed by atoms with E-state index in [-0.39, 0.29) is 18.4 Å². The molecule has 0 spiro atoms. The van der Waals surface area contributed by atoms with Crippen LogP contribution in [0, 0.1) is 11.8 Å². The highest BCUT2D eigenvalue weighted by Gasteiger charge is 2.60. The number of ether oxygens (including phenoxy) is 1. The number of carbonyl (C=O) groups excluding carboxylic acids is 1. The molecule has 5 heteroatoms. The van der Waals surface area contributed by atoms with Crippen molar-refractivity contribution in [3.63, 3.8) is 0 Å². The molecule has 3 aliphatic carbocycles. The van der Waals surface area contributed by atoms with Gasteiger partial charge in [0.25, 0.3) is 0 Å². The molecule has 2 fully saturated rings. The number of benzene rings is 2. The summed E-state index contributed by atoms with van der Waals surface area (Å²) in [5, 5.41) is 12.5. The number of hydrogen-bond donors (Lipinski definition) is 2. The molecule has 0 radical (unpaired) electrons. The summed E-state index contributed by atoms with van der Waals surface area (Å²) < 4.78 is 5.57. The highest BCUT2D eigenvalue weighted by atomic mass is 16.5. The molecule has 2 aromatic rings. The first-order valence-electron chi connectivity index (χ1n) is 9.97. The van der Waals surface area contributed by atoms with Crippen LogP contribution < -0.4 is 5.32 Å². The Hall–Kier alpha value is -2.82. The SMILES string of the molecule is O=C(NC1(C(=O)O)CCCC2CC21)OCC1c2ccccc2-c2ccccc21. The lowest BCUT2D eigenvalue weighted by Gasteiger charge is -2.33. The minimum absolute atomic E-state index is 0.0287. The van der Waals surface area contributed by atoms with E-state index in [2.05, 4.69) is 29.6 Å². The largest absolute Gasteiger partial charge is 0.479 e. The number of fused-ring (bicyclic) bond motifs is 4. The lowest BCUT2D eigenvalue weighted by atomic mass is 9.81. The molecule has 5 rings (SSSR count). The molecule has 0 saturated heterocycles. The average Bonchev–Trinajstić information content (AvgIpc) is 3.44. The third-order valence-electron chi connectivity index (χ3n) is 6.75. The van der Waals surface area contributed by atoms with Gasteiger partial charge in [-0.3, -0.25) is 0 Å². The van der Waals surface area contributed by atoms with Gasteiger partial charge in [-0.2, -0.15) is 0 Å². The fraction of sp³-hybridized carbons (Fsp3) is 0.391. The van der Waals surface area contributed by atoms with Crippen LogP contribution in [0.4, 0.5) is 4.79 Å². The minimum atomic E-state index is -1.16. The molecule has 0 aromatic heterocycles. The van der Waals surface area contributed by atoms with Crippen molar-refractivity contribution in [1.82, 2.24) is 5.32 Å². The summed E-state index contributed by atoms with van der Waals surface area (Å²) in [7, 11) is 0. The monoisotopic (exact) mass is 377 g/mol. The van der Waals surface area contributed by atoms with Crippen molar-refractivity contribution in [3.8, 4) is 11.1 Å². The molecule has 0 aliphatic heterocycles. The van der Waals surface area contributed by atoms with Gasteiger partial charge in [-0.1, -0.05) is 55.0 Å². The normalized spacial score (nSPS) is 27.3. The summed E-state index contributed by atoms with van der Waals surface area (Å²) in [5.74, 6) is -0.495. The first kappa shape index (κ1) is 17.3. The zero-order valence-corrected chi connectivity index (χ0v) is 15.6. The van der Waals surface area contributed by atoms with Crippen LogP contribution in [-0.2, 0) is 9.53 Å². The van der Waals surface area contributed by atoms with Crippen LogP contribution in [0.25, 0.3) is 11.1 Å². The van der Waals surface area contributed by atoms with Crippen LogP contribution in [0.5, 0.6) is 0 Å². The van der Waals surface area contributed by atoms with Crippen molar-refractivity contribution in [1.29, 1.82) is 0 Å². The van der Waals surface area contributed by atoms with E-state index in [0.717, 1.165) is 30.4 Å². The zero-order valence-electron chi connectivity index (χ0n) is 15.6. The van der Waals surface area contributed by atoms with E-state index >= 15 is 0 Å². The van der Waals surface area contributed by atoms with E-state index in [1.807, 2.05) is 24.3 Å². The van der Waals surface area contributed by atoms with Crippen LogP contribution in [-0.4, -0.2) is 29.3 Å². The second-order valence-electron chi connectivity index (χ2n) is 8.22. The second kappa shape index (κ2) is 6.36. The van der Waals surface area contributed by atoms with E-state index in [1.165, 1.54) is 11.1 Å². The smallest absolute Gasteiger partial charge is 0.408 e. The molecule has 2 saturated carbocycles. The van der Waals surface area contributed by atoms with Crippen LogP contribution >= 0.6 is 0 Å². The van der Waals surface area contributed by atoms with E-state index < -0.39 is 17.6 Å². The van der Waals surface area contributed by atoms with Crippen molar-refractivity contribution in [2.45, 2.75) is 37.1 Å². The lowest BCUT2D eigenvalue weighted by molar-refractivity contribution is -0.147. The van der Waals surface area contributed by atoms with Crippen molar-refractivity contribution in [2.24, 2.45) is 11.8 Å². The highest BCUT2D eigenvalue weighted by Crippen LogP contribution is 2.55. The summed E-state index contributed by atoms with van der Waals surface area (Å²) >= 11 is 0. The quantitative estimate of drug-likeness (QED) is 0.839. The third kappa shape index (κ3) is 2.60. The van der Waals surface area contributed by atoms with Gasteiger partial charge in [0, 0.05) is 5.92 Å². The van der Waals surface area contributed by atoms with Gasteiger partial charge in [-0.05, 0) is 53.4 Å². The van der Waals surface area contributed by atoms with Crippen molar-refractivity contribution < 1.29 is 19.4 Å². The Morgan fingerprint density at radius 3 is 2.36 bits per heavy atom. The summed E-state index contributed by atoms with van der Waals surface area (Å²) in [5.41, 5.74) is 3.46. The third-order valence-corrected chi connectivity index (χ3v) is 6.75.